The number of anilines is 2. The van der Waals surface area contributed by atoms with Crippen LogP contribution in [0.2, 0.25) is 0 Å². The molecule has 1 aliphatic heterocycles. The Bertz CT molecular complexity index is 895. The van der Waals surface area contributed by atoms with Crippen LogP contribution in [0.5, 0.6) is 0 Å². The number of ether oxygens (including phenoxy) is 1. The molecule has 3 N–H and O–H groups in total. The van der Waals surface area contributed by atoms with Crippen molar-refractivity contribution < 1.29 is 14.3 Å². The highest BCUT2D eigenvalue weighted by molar-refractivity contribution is 6.05. The highest BCUT2D eigenvalue weighted by Crippen LogP contribution is 2.43. The van der Waals surface area contributed by atoms with Crippen LogP contribution in [-0.4, -0.2) is 37.5 Å². The predicted molar refractivity (Wildman–Crippen MR) is 108 cm³/mol. The van der Waals surface area contributed by atoms with Gasteiger partial charge in [-0.25, -0.2) is 0 Å². The fraction of sp³-hybridized carbons (Fsp3) is 0.286. The Balaban J connectivity index is 1.37. The van der Waals surface area contributed by atoms with Crippen molar-refractivity contribution in [2.24, 2.45) is 4.99 Å². The summed E-state index contributed by atoms with van der Waals surface area (Å²) < 4.78 is 4.97. The number of amides is 1. The first kappa shape index (κ1) is 18.0. The molecule has 1 amide bonds. The normalized spacial score (nSPS) is 20.4. The first-order chi connectivity index (χ1) is 13.7. The molecule has 0 bridgehead atoms. The van der Waals surface area contributed by atoms with Crippen LogP contribution in [0.15, 0.2) is 53.5 Å². The van der Waals surface area contributed by atoms with Crippen LogP contribution in [0.4, 0.5) is 11.4 Å². The smallest absolute Gasteiger partial charge is 0.293 e. The fourth-order valence-corrected chi connectivity index (χ4v) is 3.25. The molecule has 28 heavy (non-hydrogen) atoms. The molecular formula is C21H22N4O3. The van der Waals surface area contributed by atoms with Crippen molar-refractivity contribution in [2.75, 3.05) is 23.7 Å². The summed E-state index contributed by atoms with van der Waals surface area (Å²) >= 11 is 0. The molecule has 0 aromatic heterocycles. The lowest BCUT2D eigenvalue weighted by Crippen LogP contribution is -2.35. The van der Waals surface area contributed by atoms with Gasteiger partial charge in [0, 0.05) is 35.9 Å². The van der Waals surface area contributed by atoms with Gasteiger partial charge in [0.15, 0.2) is 5.96 Å². The van der Waals surface area contributed by atoms with E-state index >= 15 is 0 Å². The Morgan fingerprint density at radius 1 is 1.18 bits per heavy atom. The number of rotatable bonds is 6. The standard InChI is InChI=1S/C21H22N4O3/c26-13-28-19-12-18(19)14-5-7-16(8-6-14)24-20(27)15-3-1-4-17(11-15)25-21-22-9-2-10-23-21/h1,3-8,11,13,18-19H,2,9-10,12H2,(H,24,27)(H2,22,23,25). The van der Waals surface area contributed by atoms with Crippen LogP contribution in [0, 0.1) is 0 Å². The van der Waals surface area contributed by atoms with E-state index in [0.29, 0.717) is 12.0 Å². The number of hydrogen-bond donors (Lipinski definition) is 3. The van der Waals surface area contributed by atoms with E-state index in [-0.39, 0.29) is 17.9 Å². The number of nitrogens with zero attached hydrogens (tertiary/aromatic N) is 1. The van der Waals surface area contributed by atoms with Gasteiger partial charge in [-0.05, 0) is 48.7 Å². The van der Waals surface area contributed by atoms with E-state index in [0.717, 1.165) is 48.8 Å². The van der Waals surface area contributed by atoms with Gasteiger partial charge in [-0.15, -0.1) is 0 Å². The maximum absolute atomic E-state index is 12.6. The summed E-state index contributed by atoms with van der Waals surface area (Å²) in [4.78, 5) is 27.4. The third-order valence-corrected chi connectivity index (χ3v) is 4.84. The van der Waals surface area contributed by atoms with Gasteiger partial charge in [0.25, 0.3) is 12.4 Å². The second-order valence-electron chi connectivity index (χ2n) is 6.91. The Labute approximate surface area is 163 Å². The SMILES string of the molecule is O=COC1CC1c1ccc(NC(=O)c2cccc(NC3=NCCCN3)c2)cc1. The molecule has 2 aromatic rings. The van der Waals surface area contributed by atoms with Crippen molar-refractivity contribution in [2.45, 2.75) is 24.9 Å². The average Bonchev–Trinajstić information content (AvgIpc) is 3.49. The van der Waals surface area contributed by atoms with Crippen LogP contribution in [0.25, 0.3) is 0 Å². The summed E-state index contributed by atoms with van der Waals surface area (Å²) in [5.41, 5.74) is 3.20. The van der Waals surface area contributed by atoms with Gasteiger partial charge in [-0.3, -0.25) is 14.6 Å². The first-order valence-corrected chi connectivity index (χ1v) is 9.39. The minimum atomic E-state index is -0.177. The number of benzene rings is 2. The summed E-state index contributed by atoms with van der Waals surface area (Å²) in [6.07, 6.45) is 1.86. The maximum Gasteiger partial charge on any atom is 0.293 e. The highest BCUT2D eigenvalue weighted by Gasteiger charge is 2.40. The van der Waals surface area contributed by atoms with Gasteiger partial charge >= 0.3 is 0 Å². The van der Waals surface area contributed by atoms with Gasteiger partial charge in [0.1, 0.15) is 6.10 Å². The largest absolute Gasteiger partial charge is 0.464 e. The molecule has 144 valence electrons. The Morgan fingerprint density at radius 2 is 2.04 bits per heavy atom. The van der Waals surface area contributed by atoms with E-state index in [1.807, 2.05) is 36.4 Å². The van der Waals surface area contributed by atoms with Gasteiger partial charge in [0.05, 0.1) is 0 Å². The highest BCUT2D eigenvalue weighted by atomic mass is 16.5. The Kier molecular flexibility index (Phi) is 5.23. The second-order valence-corrected chi connectivity index (χ2v) is 6.91. The van der Waals surface area contributed by atoms with Crippen molar-refractivity contribution in [1.82, 2.24) is 5.32 Å². The first-order valence-electron chi connectivity index (χ1n) is 9.39. The lowest BCUT2D eigenvalue weighted by atomic mass is 10.1. The average molecular weight is 378 g/mol. The minimum Gasteiger partial charge on any atom is -0.464 e. The Morgan fingerprint density at radius 3 is 2.79 bits per heavy atom. The number of guanidine groups is 1. The molecule has 4 rings (SSSR count). The van der Waals surface area contributed by atoms with Crippen LogP contribution in [-0.2, 0) is 9.53 Å². The molecule has 2 unspecified atom stereocenters. The molecule has 7 heteroatoms. The molecule has 1 saturated carbocycles. The van der Waals surface area contributed by atoms with Crippen molar-refractivity contribution in [3.63, 3.8) is 0 Å². The van der Waals surface area contributed by atoms with Crippen molar-refractivity contribution >= 4 is 29.7 Å². The van der Waals surface area contributed by atoms with Crippen LogP contribution in [0.3, 0.4) is 0 Å². The summed E-state index contributed by atoms with van der Waals surface area (Å²) in [5.74, 6) is 0.814. The monoisotopic (exact) mass is 378 g/mol. The fourth-order valence-electron chi connectivity index (χ4n) is 3.25. The van der Waals surface area contributed by atoms with E-state index in [2.05, 4.69) is 20.9 Å². The van der Waals surface area contributed by atoms with E-state index in [4.69, 9.17) is 4.74 Å². The van der Waals surface area contributed by atoms with Crippen LogP contribution in [0.1, 0.15) is 34.7 Å². The third-order valence-electron chi connectivity index (χ3n) is 4.84. The molecule has 2 aromatic carbocycles. The van der Waals surface area contributed by atoms with E-state index in [1.165, 1.54) is 0 Å². The van der Waals surface area contributed by atoms with Crippen molar-refractivity contribution in [1.29, 1.82) is 0 Å². The molecule has 0 spiro atoms. The van der Waals surface area contributed by atoms with Crippen LogP contribution < -0.4 is 16.0 Å². The maximum atomic E-state index is 12.6. The number of aliphatic imine (C=N–C) groups is 1. The van der Waals surface area contributed by atoms with Gasteiger partial charge in [-0.1, -0.05) is 18.2 Å². The Hall–Kier alpha value is -3.35. The second kappa shape index (κ2) is 8.12. The number of carbonyl (C=O) groups excluding carboxylic acids is 2. The van der Waals surface area contributed by atoms with E-state index in [1.54, 1.807) is 12.1 Å². The molecule has 1 aliphatic carbocycles. The van der Waals surface area contributed by atoms with Gasteiger partial charge in [0.2, 0.25) is 0 Å². The summed E-state index contributed by atoms with van der Waals surface area (Å²) in [6, 6.07) is 15.0. The molecule has 1 fully saturated rings. The minimum absolute atomic E-state index is 0.0172. The van der Waals surface area contributed by atoms with E-state index in [9.17, 15) is 9.59 Å². The topological polar surface area (TPSA) is 91.8 Å². The molecule has 2 atom stereocenters. The number of hydrogen-bond acceptors (Lipinski definition) is 6. The molecule has 2 aliphatic rings. The van der Waals surface area contributed by atoms with Crippen LogP contribution >= 0.6 is 0 Å². The summed E-state index contributed by atoms with van der Waals surface area (Å²) in [6.45, 7) is 2.19. The molecule has 1 heterocycles. The molecule has 7 nitrogen and oxygen atoms in total. The summed E-state index contributed by atoms with van der Waals surface area (Å²) in [5, 5.41) is 9.31. The zero-order chi connectivity index (χ0) is 19.3. The number of carbonyl (C=O) groups is 2. The lowest BCUT2D eigenvalue weighted by Gasteiger charge is -2.16. The quantitative estimate of drug-likeness (QED) is 0.672. The zero-order valence-electron chi connectivity index (χ0n) is 15.4. The summed E-state index contributed by atoms with van der Waals surface area (Å²) in [7, 11) is 0. The molecular weight excluding hydrogens is 356 g/mol. The predicted octanol–water partition coefficient (Wildman–Crippen LogP) is 2.73. The molecule has 0 radical (unpaired) electrons. The van der Waals surface area contributed by atoms with Gasteiger partial charge in [-0.2, -0.15) is 0 Å². The van der Waals surface area contributed by atoms with Crippen molar-refractivity contribution in [3.8, 4) is 0 Å². The molecule has 0 saturated heterocycles. The van der Waals surface area contributed by atoms with Crippen molar-refractivity contribution in [3.05, 3.63) is 59.7 Å². The third kappa shape index (κ3) is 4.31. The lowest BCUT2D eigenvalue weighted by molar-refractivity contribution is -0.129. The number of nitrogens with one attached hydrogen (secondary N) is 3. The zero-order valence-corrected chi connectivity index (χ0v) is 15.4. The van der Waals surface area contributed by atoms with E-state index < -0.39 is 0 Å². The van der Waals surface area contributed by atoms with Gasteiger partial charge < -0.3 is 20.7 Å².